The van der Waals surface area contributed by atoms with Crippen molar-refractivity contribution in [3.8, 4) is 27.9 Å². The van der Waals surface area contributed by atoms with E-state index in [-0.39, 0.29) is 0 Å². The molecular formula is C42H26N2S. The molecule has 0 fully saturated rings. The van der Waals surface area contributed by atoms with Gasteiger partial charge in [0.05, 0.1) is 32.8 Å². The van der Waals surface area contributed by atoms with Crippen LogP contribution in [0.25, 0.3) is 69.9 Å². The Bertz CT molecular complexity index is 2530. The second kappa shape index (κ2) is 9.43. The molecule has 1 aliphatic rings. The zero-order valence-electron chi connectivity index (χ0n) is 24.3. The first kappa shape index (κ1) is 24.8. The number of para-hydroxylation sites is 3. The number of thiophene rings is 1. The molecule has 0 unspecified atom stereocenters. The molecule has 7 aromatic carbocycles. The number of nitrogens with zero attached hydrogens (tertiary/aromatic N) is 2. The summed E-state index contributed by atoms with van der Waals surface area (Å²) in [6.07, 6.45) is 0. The maximum Gasteiger partial charge on any atom is 0.0783 e. The lowest BCUT2D eigenvalue weighted by molar-refractivity contribution is 1.12. The van der Waals surface area contributed by atoms with Crippen LogP contribution >= 0.6 is 11.3 Å². The fourth-order valence-corrected chi connectivity index (χ4v) is 8.56. The van der Waals surface area contributed by atoms with Gasteiger partial charge in [-0.1, -0.05) is 115 Å². The summed E-state index contributed by atoms with van der Waals surface area (Å²) in [6.45, 7) is 0. The van der Waals surface area contributed by atoms with E-state index in [4.69, 9.17) is 0 Å². The van der Waals surface area contributed by atoms with Crippen LogP contribution in [0.5, 0.6) is 0 Å². The largest absolute Gasteiger partial charge is 0.306 e. The van der Waals surface area contributed by atoms with Crippen molar-refractivity contribution in [2.45, 2.75) is 0 Å². The standard InChI is InChI=1S/C42H26N2S/c1-3-12-27(13-4-1)29-24-30(28-14-5-2-6-15-28)26-31(25-29)43-36-18-8-9-19-37(36)44-40-33(17-11-20-38(40)43)34-22-23-35-32-16-7-10-21-39(32)45-42(35)41(34)44/h1-26H. The van der Waals surface area contributed by atoms with Gasteiger partial charge in [-0.3, -0.25) is 0 Å². The van der Waals surface area contributed by atoms with Crippen LogP contribution < -0.4 is 4.90 Å². The van der Waals surface area contributed by atoms with E-state index >= 15 is 0 Å². The normalized spacial score (nSPS) is 12.4. The molecule has 3 heteroatoms. The molecule has 210 valence electrons. The number of anilines is 3. The number of fused-ring (bicyclic) bond motifs is 9. The van der Waals surface area contributed by atoms with Gasteiger partial charge in [0.25, 0.3) is 0 Å². The van der Waals surface area contributed by atoms with Crippen molar-refractivity contribution in [1.29, 1.82) is 0 Å². The van der Waals surface area contributed by atoms with E-state index in [1.165, 1.54) is 81.3 Å². The van der Waals surface area contributed by atoms with Gasteiger partial charge in [-0.15, -0.1) is 11.3 Å². The van der Waals surface area contributed by atoms with Gasteiger partial charge in [-0.05, 0) is 64.7 Å². The van der Waals surface area contributed by atoms with Crippen molar-refractivity contribution >= 4 is 70.4 Å². The molecule has 0 amide bonds. The van der Waals surface area contributed by atoms with E-state index < -0.39 is 0 Å². The monoisotopic (exact) mass is 590 g/mol. The average Bonchev–Trinajstić information content (AvgIpc) is 3.66. The predicted octanol–water partition coefficient (Wildman–Crippen LogP) is 12.3. The van der Waals surface area contributed by atoms with Gasteiger partial charge in [0, 0.05) is 31.9 Å². The van der Waals surface area contributed by atoms with E-state index in [0.717, 1.165) is 5.69 Å². The maximum absolute atomic E-state index is 2.53. The maximum atomic E-state index is 2.53. The van der Waals surface area contributed by atoms with Gasteiger partial charge in [0.1, 0.15) is 0 Å². The number of rotatable bonds is 3. The van der Waals surface area contributed by atoms with Crippen LogP contribution in [0.2, 0.25) is 0 Å². The molecule has 45 heavy (non-hydrogen) atoms. The Hall–Kier alpha value is -5.64. The summed E-state index contributed by atoms with van der Waals surface area (Å²) in [5.74, 6) is 0. The zero-order chi connectivity index (χ0) is 29.5. The third-order valence-corrected chi connectivity index (χ3v) is 10.5. The molecule has 0 bridgehead atoms. The van der Waals surface area contributed by atoms with Crippen molar-refractivity contribution in [2.75, 3.05) is 4.90 Å². The lowest BCUT2D eigenvalue weighted by Crippen LogP contribution is -2.18. The molecule has 1 aliphatic heterocycles. The first-order valence-electron chi connectivity index (χ1n) is 15.4. The number of hydrogen-bond acceptors (Lipinski definition) is 2. The third-order valence-electron chi connectivity index (χ3n) is 9.27. The van der Waals surface area contributed by atoms with E-state index in [9.17, 15) is 0 Å². The minimum atomic E-state index is 1.15. The Morgan fingerprint density at radius 1 is 0.378 bits per heavy atom. The molecule has 0 saturated carbocycles. The Balaban J connectivity index is 1.31. The second-order valence-electron chi connectivity index (χ2n) is 11.8. The molecule has 10 rings (SSSR count). The van der Waals surface area contributed by atoms with E-state index in [1.807, 2.05) is 11.3 Å². The summed E-state index contributed by atoms with van der Waals surface area (Å²) in [5.41, 5.74) is 12.1. The Morgan fingerprint density at radius 3 is 1.71 bits per heavy atom. The van der Waals surface area contributed by atoms with Crippen molar-refractivity contribution in [3.63, 3.8) is 0 Å². The number of aromatic nitrogens is 1. The van der Waals surface area contributed by atoms with Gasteiger partial charge in [-0.25, -0.2) is 0 Å². The van der Waals surface area contributed by atoms with Crippen LogP contribution in [0.3, 0.4) is 0 Å². The van der Waals surface area contributed by atoms with Crippen molar-refractivity contribution < 1.29 is 0 Å². The molecule has 2 nitrogen and oxygen atoms in total. The second-order valence-corrected chi connectivity index (χ2v) is 12.8. The van der Waals surface area contributed by atoms with Crippen molar-refractivity contribution in [2.24, 2.45) is 0 Å². The summed E-state index contributed by atoms with van der Waals surface area (Å²) in [5, 5.41) is 5.23. The van der Waals surface area contributed by atoms with Gasteiger partial charge in [0.2, 0.25) is 0 Å². The van der Waals surface area contributed by atoms with Crippen molar-refractivity contribution in [1.82, 2.24) is 4.57 Å². The Kier molecular flexibility index (Phi) is 5.19. The van der Waals surface area contributed by atoms with Crippen LogP contribution in [0.15, 0.2) is 158 Å². The van der Waals surface area contributed by atoms with Crippen LogP contribution in [0.1, 0.15) is 0 Å². The smallest absolute Gasteiger partial charge is 0.0783 e. The summed E-state index contributed by atoms with van der Waals surface area (Å²) >= 11 is 1.90. The van der Waals surface area contributed by atoms with Crippen molar-refractivity contribution in [3.05, 3.63) is 158 Å². The molecule has 0 aliphatic carbocycles. The minimum Gasteiger partial charge on any atom is -0.306 e. The number of hydrogen-bond donors (Lipinski definition) is 0. The van der Waals surface area contributed by atoms with Crippen LogP contribution in [-0.2, 0) is 0 Å². The highest BCUT2D eigenvalue weighted by molar-refractivity contribution is 7.26. The third kappa shape index (κ3) is 3.56. The lowest BCUT2D eigenvalue weighted by Gasteiger charge is -2.33. The molecule has 0 spiro atoms. The van der Waals surface area contributed by atoms with E-state index in [1.54, 1.807) is 0 Å². The molecule has 0 N–H and O–H groups in total. The number of benzene rings is 7. The SMILES string of the molecule is c1ccc(-c2cc(-c3ccccc3)cc(N3c4ccccc4-n4c5c3cccc5c3ccc5c6ccccc6sc5c34)c2)cc1. The average molecular weight is 591 g/mol. The quantitative estimate of drug-likeness (QED) is 0.199. The van der Waals surface area contributed by atoms with E-state index in [2.05, 4.69) is 167 Å². The molecule has 0 saturated heterocycles. The van der Waals surface area contributed by atoms with Gasteiger partial charge in [-0.2, -0.15) is 0 Å². The first-order chi connectivity index (χ1) is 22.3. The minimum absolute atomic E-state index is 1.15. The molecule has 2 aromatic heterocycles. The molecule has 3 heterocycles. The Labute approximate surface area is 264 Å². The van der Waals surface area contributed by atoms with Gasteiger partial charge >= 0.3 is 0 Å². The van der Waals surface area contributed by atoms with E-state index in [0.29, 0.717) is 0 Å². The summed E-state index contributed by atoms with van der Waals surface area (Å²) < 4.78 is 5.20. The Morgan fingerprint density at radius 2 is 0.956 bits per heavy atom. The molecule has 0 radical (unpaired) electrons. The lowest BCUT2D eigenvalue weighted by atomic mass is 9.97. The highest BCUT2D eigenvalue weighted by atomic mass is 32.1. The summed E-state index contributed by atoms with van der Waals surface area (Å²) in [7, 11) is 0. The van der Waals surface area contributed by atoms with Crippen LogP contribution in [0, 0.1) is 0 Å². The summed E-state index contributed by atoms with van der Waals surface area (Å²) in [4.78, 5) is 2.47. The predicted molar refractivity (Wildman–Crippen MR) is 193 cm³/mol. The van der Waals surface area contributed by atoms with Crippen LogP contribution in [0.4, 0.5) is 17.1 Å². The topological polar surface area (TPSA) is 8.17 Å². The molecule has 9 aromatic rings. The van der Waals surface area contributed by atoms with Crippen LogP contribution in [-0.4, -0.2) is 4.57 Å². The molecular weight excluding hydrogens is 565 g/mol. The van der Waals surface area contributed by atoms with Gasteiger partial charge < -0.3 is 9.47 Å². The highest BCUT2D eigenvalue weighted by Gasteiger charge is 2.30. The first-order valence-corrected chi connectivity index (χ1v) is 16.2. The fourth-order valence-electron chi connectivity index (χ4n) is 7.32. The van der Waals surface area contributed by atoms with Gasteiger partial charge in [0.15, 0.2) is 0 Å². The molecule has 0 atom stereocenters. The zero-order valence-corrected chi connectivity index (χ0v) is 25.1. The highest BCUT2D eigenvalue weighted by Crippen LogP contribution is 2.52. The summed E-state index contributed by atoms with van der Waals surface area (Å²) in [6, 6.07) is 57.6. The fraction of sp³-hybridized carbons (Fsp3) is 0.